The second-order valence-corrected chi connectivity index (χ2v) is 8.96. The van der Waals surface area contributed by atoms with Crippen molar-refractivity contribution in [3.05, 3.63) is 84.2 Å². The standard InChI is InChI=1S/C29H26F3NO3.ClH/c30-26-16-19(17-27(31)28(26)32)25-10-4-18-15-21(34)5-11-24(18)29(25)36-23-8-6-22(7-9-23)35-14-12-20-3-1-2-13-33-20;/h4-11,15-17,20,33-34H,1-3,12-14H2;1H. The van der Waals surface area contributed by atoms with Gasteiger partial charge in [-0.05, 0) is 97.4 Å². The smallest absolute Gasteiger partial charge is 0.194 e. The van der Waals surface area contributed by atoms with Crippen LogP contribution < -0.4 is 14.8 Å². The van der Waals surface area contributed by atoms with E-state index in [-0.39, 0.29) is 23.7 Å². The van der Waals surface area contributed by atoms with Crippen LogP contribution in [-0.2, 0) is 0 Å². The average molecular weight is 530 g/mol. The summed E-state index contributed by atoms with van der Waals surface area (Å²) in [6, 6.07) is 17.5. The number of fused-ring (bicyclic) bond motifs is 1. The Kier molecular flexibility index (Phi) is 8.46. The summed E-state index contributed by atoms with van der Waals surface area (Å²) in [5.74, 6) is -2.50. The molecular formula is C29H27ClF3NO3. The molecule has 0 aromatic heterocycles. The molecule has 1 saturated heterocycles. The van der Waals surface area contributed by atoms with Crippen LogP contribution in [0.1, 0.15) is 25.7 Å². The first-order valence-electron chi connectivity index (χ1n) is 12.0. The summed E-state index contributed by atoms with van der Waals surface area (Å²) >= 11 is 0. The van der Waals surface area contributed by atoms with Crippen LogP contribution >= 0.6 is 12.4 Å². The van der Waals surface area contributed by atoms with Gasteiger partial charge in [-0.25, -0.2) is 13.2 Å². The van der Waals surface area contributed by atoms with Crippen LogP contribution in [0.2, 0.25) is 0 Å². The van der Waals surface area contributed by atoms with Crippen LogP contribution in [-0.4, -0.2) is 24.3 Å². The van der Waals surface area contributed by atoms with Gasteiger partial charge in [0, 0.05) is 17.0 Å². The van der Waals surface area contributed by atoms with Gasteiger partial charge in [-0.1, -0.05) is 12.5 Å². The van der Waals surface area contributed by atoms with E-state index >= 15 is 0 Å². The summed E-state index contributed by atoms with van der Waals surface area (Å²) in [7, 11) is 0. The average Bonchev–Trinajstić information content (AvgIpc) is 2.88. The molecule has 2 N–H and O–H groups in total. The highest BCUT2D eigenvalue weighted by atomic mass is 35.5. The van der Waals surface area contributed by atoms with Crippen LogP contribution in [0.5, 0.6) is 23.0 Å². The highest BCUT2D eigenvalue weighted by Crippen LogP contribution is 2.41. The predicted molar refractivity (Wildman–Crippen MR) is 140 cm³/mol. The topological polar surface area (TPSA) is 50.7 Å². The molecule has 0 amide bonds. The number of hydrogen-bond acceptors (Lipinski definition) is 4. The van der Waals surface area contributed by atoms with Crippen LogP contribution in [0.25, 0.3) is 21.9 Å². The van der Waals surface area contributed by atoms with E-state index in [9.17, 15) is 18.3 Å². The Morgan fingerprint density at radius 3 is 2.30 bits per heavy atom. The zero-order valence-corrected chi connectivity index (χ0v) is 20.8. The molecule has 194 valence electrons. The lowest BCUT2D eigenvalue weighted by Gasteiger charge is -2.23. The fraction of sp³-hybridized carbons (Fsp3) is 0.241. The van der Waals surface area contributed by atoms with Crippen molar-refractivity contribution in [3.8, 4) is 34.1 Å². The van der Waals surface area contributed by atoms with Gasteiger partial charge in [0.1, 0.15) is 23.0 Å². The van der Waals surface area contributed by atoms with Gasteiger partial charge in [0.05, 0.1) is 6.61 Å². The molecule has 5 rings (SSSR count). The Bertz CT molecular complexity index is 1350. The van der Waals surface area contributed by atoms with Crippen molar-refractivity contribution in [2.45, 2.75) is 31.7 Å². The maximum absolute atomic E-state index is 14.0. The Morgan fingerprint density at radius 2 is 1.59 bits per heavy atom. The number of halogens is 4. The Labute approximate surface area is 219 Å². The predicted octanol–water partition coefficient (Wildman–Crippen LogP) is 7.75. The molecule has 37 heavy (non-hydrogen) atoms. The highest BCUT2D eigenvalue weighted by molar-refractivity contribution is 5.96. The van der Waals surface area contributed by atoms with Gasteiger partial charge in [0.2, 0.25) is 0 Å². The van der Waals surface area contributed by atoms with Gasteiger partial charge in [0.25, 0.3) is 0 Å². The van der Waals surface area contributed by atoms with Gasteiger partial charge >= 0.3 is 0 Å². The van der Waals surface area contributed by atoms with Crippen molar-refractivity contribution in [2.75, 3.05) is 13.2 Å². The zero-order valence-electron chi connectivity index (χ0n) is 20.0. The van der Waals surface area contributed by atoms with Gasteiger partial charge in [0.15, 0.2) is 17.5 Å². The molecule has 1 atom stereocenters. The van der Waals surface area contributed by atoms with E-state index in [1.165, 1.54) is 25.3 Å². The molecule has 1 fully saturated rings. The molecule has 1 heterocycles. The van der Waals surface area contributed by atoms with E-state index < -0.39 is 17.5 Å². The molecule has 0 saturated carbocycles. The normalized spacial score (nSPS) is 15.3. The number of hydrogen-bond donors (Lipinski definition) is 2. The third-order valence-corrected chi connectivity index (χ3v) is 6.44. The number of benzene rings is 4. The minimum atomic E-state index is -1.53. The second kappa shape index (κ2) is 11.8. The van der Waals surface area contributed by atoms with Crippen molar-refractivity contribution in [2.24, 2.45) is 0 Å². The first-order chi connectivity index (χ1) is 17.5. The van der Waals surface area contributed by atoms with Crippen molar-refractivity contribution >= 4 is 23.2 Å². The third kappa shape index (κ3) is 6.12. The molecule has 0 radical (unpaired) electrons. The molecule has 1 aliphatic rings. The van der Waals surface area contributed by atoms with Crippen molar-refractivity contribution < 1.29 is 27.8 Å². The van der Waals surface area contributed by atoms with E-state index in [4.69, 9.17) is 9.47 Å². The van der Waals surface area contributed by atoms with Crippen molar-refractivity contribution in [3.63, 3.8) is 0 Å². The first kappa shape index (κ1) is 26.6. The first-order valence-corrected chi connectivity index (χ1v) is 12.0. The summed E-state index contributed by atoms with van der Waals surface area (Å²) < 4.78 is 53.7. The molecule has 4 aromatic rings. The maximum Gasteiger partial charge on any atom is 0.194 e. The largest absolute Gasteiger partial charge is 0.508 e. The summed E-state index contributed by atoms with van der Waals surface area (Å²) in [4.78, 5) is 0. The van der Waals surface area contributed by atoms with Crippen molar-refractivity contribution in [1.29, 1.82) is 0 Å². The maximum atomic E-state index is 14.0. The van der Waals surface area contributed by atoms with Crippen molar-refractivity contribution in [1.82, 2.24) is 5.32 Å². The van der Waals surface area contributed by atoms with Gasteiger partial charge in [-0.2, -0.15) is 0 Å². The number of aromatic hydroxyl groups is 1. The van der Waals surface area contributed by atoms with E-state index in [0.29, 0.717) is 46.2 Å². The molecule has 0 aliphatic carbocycles. The molecule has 1 aliphatic heterocycles. The minimum Gasteiger partial charge on any atom is -0.508 e. The minimum absolute atomic E-state index is 0. The van der Waals surface area contributed by atoms with Gasteiger partial charge in [-0.3, -0.25) is 0 Å². The zero-order chi connectivity index (χ0) is 25.1. The second-order valence-electron chi connectivity index (χ2n) is 8.96. The fourth-order valence-corrected chi connectivity index (χ4v) is 4.55. The van der Waals surface area contributed by atoms with Crippen LogP contribution in [0.4, 0.5) is 13.2 Å². The Balaban J connectivity index is 0.00000320. The Morgan fingerprint density at radius 1 is 0.865 bits per heavy atom. The van der Waals surface area contributed by atoms with Crippen LogP contribution in [0.3, 0.4) is 0 Å². The van der Waals surface area contributed by atoms with E-state index in [0.717, 1.165) is 25.1 Å². The fourth-order valence-electron chi connectivity index (χ4n) is 4.55. The van der Waals surface area contributed by atoms with Crippen LogP contribution in [0, 0.1) is 17.5 Å². The number of phenolic OH excluding ortho intramolecular Hbond substituents is 1. The van der Waals surface area contributed by atoms with Gasteiger partial charge < -0.3 is 19.9 Å². The lowest BCUT2D eigenvalue weighted by Crippen LogP contribution is -2.35. The van der Waals surface area contributed by atoms with Crippen LogP contribution in [0.15, 0.2) is 66.7 Å². The highest BCUT2D eigenvalue weighted by Gasteiger charge is 2.18. The number of rotatable bonds is 7. The Hall–Kier alpha value is -3.42. The third-order valence-electron chi connectivity index (χ3n) is 6.44. The molecular weight excluding hydrogens is 503 g/mol. The summed E-state index contributed by atoms with van der Waals surface area (Å²) in [6.45, 7) is 1.67. The summed E-state index contributed by atoms with van der Waals surface area (Å²) in [5, 5.41) is 14.7. The monoisotopic (exact) mass is 529 g/mol. The lowest BCUT2D eigenvalue weighted by atomic mass is 9.99. The molecule has 8 heteroatoms. The summed E-state index contributed by atoms with van der Waals surface area (Å²) in [5.41, 5.74) is 0.513. The number of phenols is 1. The molecule has 4 aromatic carbocycles. The molecule has 1 unspecified atom stereocenters. The van der Waals surface area contributed by atoms with E-state index in [2.05, 4.69) is 5.32 Å². The van der Waals surface area contributed by atoms with E-state index in [1.54, 1.807) is 48.5 Å². The summed E-state index contributed by atoms with van der Waals surface area (Å²) in [6.07, 6.45) is 4.58. The number of ether oxygens (including phenoxy) is 2. The molecule has 4 nitrogen and oxygen atoms in total. The number of piperidine rings is 1. The van der Waals surface area contributed by atoms with Gasteiger partial charge in [-0.15, -0.1) is 12.4 Å². The lowest BCUT2D eigenvalue weighted by molar-refractivity contribution is 0.268. The molecule has 0 bridgehead atoms. The molecule has 0 spiro atoms. The quantitative estimate of drug-likeness (QED) is 0.240. The SMILES string of the molecule is Cl.Oc1ccc2c(Oc3ccc(OCCC4CCCCN4)cc3)c(-c3cc(F)c(F)c(F)c3)ccc2c1. The number of nitrogens with one attached hydrogen (secondary N) is 1. The van der Waals surface area contributed by atoms with E-state index in [1.807, 2.05) is 0 Å².